The van der Waals surface area contributed by atoms with Crippen LogP contribution in [0.3, 0.4) is 0 Å². The Kier molecular flexibility index (Phi) is 6.21. The van der Waals surface area contributed by atoms with Crippen LogP contribution in [0.1, 0.15) is 41.4 Å². The fourth-order valence-corrected chi connectivity index (χ4v) is 5.87. The molecule has 2 aliphatic rings. The third kappa shape index (κ3) is 4.31. The Bertz CT molecular complexity index is 2020. The highest BCUT2D eigenvalue weighted by Gasteiger charge is 2.37. The molecule has 0 aliphatic carbocycles. The molecule has 8 nitrogen and oxygen atoms in total. The van der Waals surface area contributed by atoms with Gasteiger partial charge in [-0.25, -0.2) is 19.8 Å². The van der Waals surface area contributed by atoms with E-state index in [9.17, 15) is 19.2 Å². The Hall–Kier alpha value is -6.54. The minimum absolute atomic E-state index is 0.353. The minimum atomic E-state index is -0.359. The molecule has 0 unspecified atom stereocenters. The molecule has 0 atom stereocenters. The minimum Gasteiger partial charge on any atom is -0.268 e. The molecule has 0 fully saturated rings. The van der Waals surface area contributed by atoms with E-state index in [-0.39, 0.29) is 23.6 Å². The fraction of sp³-hybridized carbons (Fsp3) is 0. The molecule has 46 heavy (non-hydrogen) atoms. The summed E-state index contributed by atoms with van der Waals surface area (Å²) in [6, 6.07) is 39.3. The van der Waals surface area contributed by atoms with Crippen LogP contribution in [-0.4, -0.2) is 33.6 Å². The van der Waals surface area contributed by atoms with Crippen LogP contribution in [0.15, 0.2) is 133 Å². The van der Waals surface area contributed by atoms with Crippen LogP contribution in [0.4, 0.5) is 11.4 Å². The van der Waals surface area contributed by atoms with Gasteiger partial charge in [0.05, 0.1) is 45.0 Å². The van der Waals surface area contributed by atoms with Crippen molar-refractivity contribution in [1.29, 1.82) is 0 Å². The van der Waals surface area contributed by atoms with Crippen molar-refractivity contribution >= 4 is 35.0 Å². The Balaban J connectivity index is 1.14. The summed E-state index contributed by atoms with van der Waals surface area (Å²) in [6.07, 6.45) is 0. The molecule has 0 saturated carbocycles. The van der Waals surface area contributed by atoms with Gasteiger partial charge in [-0.2, -0.15) is 0 Å². The van der Waals surface area contributed by atoms with Crippen LogP contribution in [0.5, 0.6) is 0 Å². The van der Waals surface area contributed by atoms with E-state index in [0.29, 0.717) is 56.4 Å². The van der Waals surface area contributed by atoms with Crippen LogP contribution in [0, 0.1) is 0 Å². The third-order valence-corrected chi connectivity index (χ3v) is 8.19. The van der Waals surface area contributed by atoms with E-state index in [0.717, 1.165) is 11.1 Å². The summed E-state index contributed by atoms with van der Waals surface area (Å²) in [5.41, 5.74) is 6.18. The van der Waals surface area contributed by atoms with Crippen molar-refractivity contribution in [1.82, 2.24) is 9.97 Å². The van der Waals surface area contributed by atoms with Crippen molar-refractivity contribution in [2.24, 2.45) is 0 Å². The fourth-order valence-electron chi connectivity index (χ4n) is 5.87. The molecule has 0 N–H and O–H groups in total. The number of aromatic nitrogens is 2. The molecular weight excluding hydrogens is 576 g/mol. The number of hydrogen-bond donors (Lipinski definition) is 0. The molecule has 5 aromatic carbocycles. The van der Waals surface area contributed by atoms with Crippen molar-refractivity contribution in [3.63, 3.8) is 0 Å². The number of anilines is 2. The summed E-state index contributed by atoms with van der Waals surface area (Å²) >= 11 is 0. The number of hydrogen-bond acceptors (Lipinski definition) is 6. The Morgan fingerprint density at radius 2 is 0.717 bits per heavy atom. The van der Waals surface area contributed by atoms with Gasteiger partial charge in [0, 0.05) is 16.7 Å². The molecule has 2 aliphatic heterocycles. The number of fused-ring (bicyclic) bond motifs is 2. The second kappa shape index (κ2) is 10.6. The maximum Gasteiger partial charge on any atom is 0.266 e. The molecule has 0 spiro atoms. The van der Waals surface area contributed by atoms with Crippen molar-refractivity contribution in [3.8, 4) is 33.9 Å². The lowest BCUT2D eigenvalue weighted by Gasteiger charge is -2.15. The quantitative estimate of drug-likeness (QED) is 0.197. The van der Waals surface area contributed by atoms with Gasteiger partial charge in [-0.05, 0) is 66.7 Å². The number of carbonyl (C=O) groups is 4. The Morgan fingerprint density at radius 3 is 1.13 bits per heavy atom. The summed E-state index contributed by atoms with van der Waals surface area (Å²) in [6.45, 7) is 0. The van der Waals surface area contributed by atoms with E-state index in [1.54, 1.807) is 84.9 Å². The number of imide groups is 2. The molecule has 0 bridgehead atoms. The normalized spacial score (nSPS) is 13.7. The van der Waals surface area contributed by atoms with Gasteiger partial charge in [-0.15, -0.1) is 0 Å². The van der Waals surface area contributed by atoms with E-state index < -0.39 is 0 Å². The predicted molar refractivity (Wildman–Crippen MR) is 174 cm³/mol. The molecule has 218 valence electrons. The van der Waals surface area contributed by atoms with Gasteiger partial charge >= 0.3 is 0 Å². The van der Waals surface area contributed by atoms with E-state index in [1.165, 1.54) is 9.80 Å². The number of amides is 4. The highest BCUT2D eigenvalue weighted by atomic mass is 16.2. The van der Waals surface area contributed by atoms with Gasteiger partial charge in [-0.1, -0.05) is 66.7 Å². The van der Waals surface area contributed by atoms with Gasteiger partial charge in [-0.3, -0.25) is 19.2 Å². The molecule has 3 heterocycles. The topological polar surface area (TPSA) is 101 Å². The lowest BCUT2D eigenvalue weighted by molar-refractivity contribution is 0.0910. The second-order valence-corrected chi connectivity index (χ2v) is 10.9. The van der Waals surface area contributed by atoms with Crippen molar-refractivity contribution < 1.29 is 19.2 Å². The third-order valence-electron chi connectivity index (χ3n) is 8.19. The van der Waals surface area contributed by atoms with E-state index in [2.05, 4.69) is 0 Å². The van der Waals surface area contributed by atoms with E-state index in [1.807, 2.05) is 48.5 Å². The molecule has 0 radical (unpaired) electrons. The number of nitrogens with zero attached hydrogens (tertiary/aromatic N) is 4. The predicted octanol–water partition coefficient (Wildman–Crippen LogP) is 7.08. The van der Waals surface area contributed by atoms with Crippen LogP contribution < -0.4 is 9.80 Å². The van der Waals surface area contributed by atoms with E-state index in [4.69, 9.17) is 9.97 Å². The summed E-state index contributed by atoms with van der Waals surface area (Å²) in [5, 5.41) is 0. The first kappa shape index (κ1) is 27.0. The standard InChI is InChI=1S/C38H22N4O4/c43-35-28-10-4-5-11-29(28)36(44)41(35)26-18-14-24(15-19-26)33-22-32(23-8-2-1-3-9-23)39-34(40-33)25-16-20-27(21-17-25)42-37(45)30-12-6-7-13-31(30)38(42)46/h1-22H. The number of carbonyl (C=O) groups excluding carboxylic acids is 4. The SMILES string of the molecule is O=C1c2ccccc2C(=O)N1c1ccc(-c2cc(-c3ccccc3)nc(-c3ccc(N4C(=O)c5ccccc5C4=O)cc3)n2)cc1. The first-order valence-electron chi connectivity index (χ1n) is 14.6. The summed E-state index contributed by atoms with van der Waals surface area (Å²) < 4.78 is 0. The van der Waals surface area contributed by atoms with Gasteiger partial charge in [0.15, 0.2) is 5.82 Å². The summed E-state index contributed by atoms with van der Waals surface area (Å²) in [4.78, 5) is 64.1. The zero-order valence-electron chi connectivity index (χ0n) is 24.1. The largest absolute Gasteiger partial charge is 0.268 e. The molecular formula is C38H22N4O4. The average Bonchev–Trinajstić information content (AvgIpc) is 3.52. The molecule has 0 saturated heterocycles. The van der Waals surface area contributed by atoms with Crippen molar-refractivity contribution in [2.45, 2.75) is 0 Å². The van der Waals surface area contributed by atoms with E-state index >= 15 is 0 Å². The van der Waals surface area contributed by atoms with Crippen molar-refractivity contribution in [2.75, 3.05) is 9.80 Å². The first-order valence-corrected chi connectivity index (χ1v) is 14.6. The average molecular weight is 599 g/mol. The molecule has 4 amide bonds. The van der Waals surface area contributed by atoms with Crippen LogP contribution in [0.25, 0.3) is 33.9 Å². The van der Waals surface area contributed by atoms with Crippen LogP contribution in [-0.2, 0) is 0 Å². The second-order valence-electron chi connectivity index (χ2n) is 10.9. The maximum atomic E-state index is 13.0. The zero-order valence-corrected chi connectivity index (χ0v) is 24.1. The maximum absolute atomic E-state index is 13.0. The molecule has 1 aromatic heterocycles. The van der Waals surface area contributed by atoms with Gasteiger partial charge in [0.1, 0.15) is 0 Å². The summed E-state index contributed by atoms with van der Waals surface area (Å²) in [7, 11) is 0. The summed E-state index contributed by atoms with van der Waals surface area (Å²) in [5.74, 6) is -0.970. The molecule has 8 rings (SSSR count). The van der Waals surface area contributed by atoms with Crippen LogP contribution in [0.2, 0.25) is 0 Å². The first-order chi connectivity index (χ1) is 22.5. The van der Waals surface area contributed by atoms with Crippen molar-refractivity contribution in [3.05, 3.63) is 156 Å². The van der Waals surface area contributed by atoms with Gasteiger partial charge in [0.2, 0.25) is 0 Å². The lowest BCUT2D eigenvalue weighted by atomic mass is 10.1. The lowest BCUT2D eigenvalue weighted by Crippen LogP contribution is -2.29. The Labute approximate surface area is 263 Å². The zero-order chi connectivity index (χ0) is 31.4. The smallest absolute Gasteiger partial charge is 0.266 e. The van der Waals surface area contributed by atoms with Gasteiger partial charge in [0.25, 0.3) is 23.6 Å². The molecule has 6 aromatic rings. The highest BCUT2D eigenvalue weighted by molar-refractivity contribution is 6.35. The van der Waals surface area contributed by atoms with Crippen LogP contribution >= 0.6 is 0 Å². The Morgan fingerprint density at radius 1 is 0.370 bits per heavy atom. The number of rotatable bonds is 5. The van der Waals surface area contributed by atoms with Gasteiger partial charge < -0.3 is 0 Å². The molecule has 8 heteroatoms. The highest BCUT2D eigenvalue weighted by Crippen LogP contribution is 2.33. The monoisotopic (exact) mass is 598 g/mol. The number of benzene rings is 5.